The lowest BCUT2D eigenvalue weighted by molar-refractivity contribution is -0.0586. The fraction of sp³-hybridized carbons (Fsp3) is 0.652. The van der Waals surface area contributed by atoms with Crippen molar-refractivity contribution in [2.24, 2.45) is 4.99 Å². The molecule has 174 valence electrons. The minimum atomic E-state index is 0. The topological polar surface area (TPSA) is 57.2 Å². The summed E-state index contributed by atoms with van der Waals surface area (Å²) >= 11 is 2.06. The molecule has 8 heteroatoms. The summed E-state index contributed by atoms with van der Waals surface area (Å²) in [4.78, 5) is 22.0. The Morgan fingerprint density at radius 2 is 1.81 bits per heavy atom. The number of benzene rings is 1. The number of ether oxygens (including phenoxy) is 1. The first-order valence-corrected chi connectivity index (χ1v) is 12.2. The minimum absolute atomic E-state index is 0. The van der Waals surface area contributed by atoms with Crippen molar-refractivity contribution < 1.29 is 9.53 Å². The summed E-state index contributed by atoms with van der Waals surface area (Å²) in [6.07, 6.45) is 1.35. The van der Waals surface area contributed by atoms with Crippen molar-refractivity contribution in [2.75, 3.05) is 38.5 Å². The third kappa shape index (κ3) is 7.53. The smallest absolute Gasteiger partial charge is 0.254 e. The number of rotatable bonds is 5. The molecular formula is C23H37IN4O2S. The second-order valence-electron chi connectivity index (χ2n) is 8.18. The summed E-state index contributed by atoms with van der Waals surface area (Å²) in [7, 11) is 0. The number of amides is 1. The van der Waals surface area contributed by atoms with Crippen LogP contribution >= 0.6 is 35.7 Å². The van der Waals surface area contributed by atoms with Crippen molar-refractivity contribution in [3.63, 3.8) is 0 Å². The van der Waals surface area contributed by atoms with Crippen molar-refractivity contribution in [3.05, 3.63) is 35.4 Å². The van der Waals surface area contributed by atoms with Crippen LogP contribution in [0.15, 0.2) is 29.3 Å². The van der Waals surface area contributed by atoms with Gasteiger partial charge in [-0.1, -0.05) is 19.1 Å². The van der Waals surface area contributed by atoms with Crippen molar-refractivity contribution in [1.82, 2.24) is 15.1 Å². The van der Waals surface area contributed by atoms with Gasteiger partial charge in [0.05, 0.1) is 18.8 Å². The molecular weight excluding hydrogens is 523 g/mol. The highest BCUT2D eigenvalue weighted by Crippen LogP contribution is 2.21. The lowest BCUT2D eigenvalue weighted by Crippen LogP contribution is -2.48. The number of aliphatic imine (C=N–C) groups is 1. The predicted octanol–water partition coefficient (Wildman–Crippen LogP) is 3.85. The minimum Gasteiger partial charge on any atom is -0.372 e. The predicted molar refractivity (Wildman–Crippen MR) is 141 cm³/mol. The van der Waals surface area contributed by atoms with E-state index in [2.05, 4.69) is 35.8 Å². The number of guanidine groups is 1. The lowest BCUT2D eigenvalue weighted by Gasteiger charge is -2.35. The molecule has 0 radical (unpaired) electrons. The maximum absolute atomic E-state index is 12.8. The molecule has 2 fully saturated rings. The largest absolute Gasteiger partial charge is 0.372 e. The Morgan fingerprint density at radius 1 is 1.13 bits per heavy atom. The summed E-state index contributed by atoms with van der Waals surface area (Å²) in [6, 6.07) is 7.90. The van der Waals surface area contributed by atoms with Crippen LogP contribution in [0.3, 0.4) is 0 Å². The highest BCUT2D eigenvalue weighted by atomic mass is 127. The number of morpholine rings is 1. The zero-order valence-corrected chi connectivity index (χ0v) is 22.3. The normalized spacial score (nSPS) is 24.5. The number of carbonyl (C=O) groups is 1. The van der Waals surface area contributed by atoms with Gasteiger partial charge in [-0.05, 0) is 44.9 Å². The van der Waals surface area contributed by atoms with Crippen molar-refractivity contribution in [1.29, 1.82) is 0 Å². The second-order valence-corrected chi connectivity index (χ2v) is 9.59. The standard InChI is InChI=1S/C23H36N4O2S.HI/c1-5-21-16-26(11-12-30-21)23(24-6-2)25-13-19-7-9-20(10-8-19)22(28)27-14-17(3)29-18(4)15-27;/h7-10,17-18,21H,5-6,11-16H2,1-4H3,(H,24,25);1H. The van der Waals surface area contributed by atoms with Crippen LogP contribution in [-0.4, -0.2) is 77.6 Å². The van der Waals surface area contributed by atoms with E-state index in [1.54, 1.807) is 0 Å². The average Bonchev–Trinajstić information content (AvgIpc) is 2.76. The van der Waals surface area contributed by atoms with Gasteiger partial charge in [-0.2, -0.15) is 11.8 Å². The van der Waals surface area contributed by atoms with Crippen LogP contribution in [-0.2, 0) is 11.3 Å². The highest BCUT2D eigenvalue weighted by Gasteiger charge is 2.26. The molecule has 2 saturated heterocycles. The van der Waals surface area contributed by atoms with Gasteiger partial charge in [-0.3, -0.25) is 4.79 Å². The average molecular weight is 561 g/mol. The Hall–Kier alpha value is -1.00. The molecule has 2 aliphatic heterocycles. The molecule has 0 bridgehead atoms. The van der Waals surface area contributed by atoms with Crippen LogP contribution in [0, 0.1) is 0 Å². The summed E-state index contributed by atoms with van der Waals surface area (Å²) in [5.74, 6) is 2.22. The van der Waals surface area contributed by atoms with E-state index in [4.69, 9.17) is 9.73 Å². The molecule has 0 saturated carbocycles. The van der Waals surface area contributed by atoms with Crippen molar-refractivity contribution >= 4 is 47.6 Å². The molecule has 2 heterocycles. The number of carbonyl (C=O) groups excluding carboxylic acids is 1. The van der Waals surface area contributed by atoms with Crippen molar-refractivity contribution in [3.8, 4) is 0 Å². The van der Waals surface area contributed by atoms with Crippen LogP contribution in [0.2, 0.25) is 0 Å². The molecule has 1 aromatic carbocycles. The fourth-order valence-corrected chi connectivity index (χ4v) is 5.21. The summed E-state index contributed by atoms with van der Waals surface area (Å²) in [5, 5.41) is 4.12. The summed E-state index contributed by atoms with van der Waals surface area (Å²) < 4.78 is 5.74. The number of hydrogen-bond acceptors (Lipinski definition) is 4. The van der Waals surface area contributed by atoms with E-state index in [0.29, 0.717) is 24.9 Å². The van der Waals surface area contributed by atoms with Gasteiger partial charge in [0, 0.05) is 49.3 Å². The Morgan fingerprint density at radius 3 is 2.42 bits per heavy atom. The monoisotopic (exact) mass is 560 g/mol. The number of thioether (sulfide) groups is 1. The van der Waals surface area contributed by atoms with Gasteiger partial charge in [0.2, 0.25) is 0 Å². The molecule has 0 aliphatic carbocycles. The van der Waals surface area contributed by atoms with Crippen LogP contribution in [0.4, 0.5) is 0 Å². The van der Waals surface area contributed by atoms with Crippen LogP contribution in [0.5, 0.6) is 0 Å². The van der Waals surface area contributed by atoms with Gasteiger partial charge in [0.1, 0.15) is 0 Å². The molecule has 3 atom stereocenters. The van der Waals surface area contributed by atoms with Gasteiger partial charge >= 0.3 is 0 Å². The highest BCUT2D eigenvalue weighted by molar-refractivity contribution is 14.0. The van der Waals surface area contributed by atoms with Crippen LogP contribution < -0.4 is 5.32 Å². The first kappa shape index (κ1) is 26.3. The number of halogens is 1. The van der Waals surface area contributed by atoms with E-state index < -0.39 is 0 Å². The Labute approximate surface area is 208 Å². The van der Waals surface area contributed by atoms with Crippen LogP contribution in [0.25, 0.3) is 0 Å². The third-order valence-corrected chi connectivity index (χ3v) is 6.92. The molecule has 31 heavy (non-hydrogen) atoms. The maximum Gasteiger partial charge on any atom is 0.254 e. The maximum atomic E-state index is 12.8. The van der Waals surface area contributed by atoms with E-state index in [0.717, 1.165) is 42.5 Å². The summed E-state index contributed by atoms with van der Waals surface area (Å²) in [5.41, 5.74) is 1.85. The number of nitrogens with zero attached hydrogens (tertiary/aromatic N) is 3. The molecule has 0 spiro atoms. The van der Waals surface area contributed by atoms with E-state index in [1.807, 2.05) is 43.0 Å². The molecule has 6 nitrogen and oxygen atoms in total. The molecule has 3 unspecified atom stereocenters. The molecule has 1 amide bonds. The SMILES string of the molecule is CCNC(=NCc1ccc(C(=O)N2CC(C)OC(C)C2)cc1)N1CCSC(CC)C1.I. The number of nitrogens with one attached hydrogen (secondary N) is 1. The quantitative estimate of drug-likeness (QED) is 0.337. The van der Waals surface area contributed by atoms with Gasteiger partial charge in [-0.25, -0.2) is 4.99 Å². The fourth-order valence-electron chi connectivity index (χ4n) is 4.03. The van der Waals surface area contributed by atoms with Gasteiger partial charge in [0.25, 0.3) is 5.91 Å². The molecule has 0 aromatic heterocycles. The molecule has 1 aromatic rings. The van der Waals surface area contributed by atoms with E-state index in [9.17, 15) is 4.79 Å². The van der Waals surface area contributed by atoms with Crippen molar-refractivity contribution in [2.45, 2.75) is 58.1 Å². The van der Waals surface area contributed by atoms with Gasteiger partial charge < -0.3 is 19.9 Å². The molecule has 2 aliphatic rings. The van der Waals surface area contributed by atoms with E-state index in [-0.39, 0.29) is 42.1 Å². The van der Waals surface area contributed by atoms with Crippen LogP contribution in [0.1, 0.15) is 50.0 Å². The van der Waals surface area contributed by atoms with E-state index in [1.165, 1.54) is 6.42 Å². The first-order chi connectivity index (χ1) is 14.5. The van der Waals surface area contributed by atoms with Gasteiger partial charge in [0.15, 0.2) is 5.96 Å². The Kier molecular flexibility index (Phi) is 10.9. The van der Waals surface area contributed by atoms with Gasteiger partial charge in [-0.15, -0.1) is 24.0 Å². The first-order valence-electron chi connectivity index (χ1n) is 11.2. The third-order valence-electron chi connectivity index (χ3n) is 5.55. The molecule has 1 N–H and O–H groups in total. The zero-order valence-electron chi connectivity index (χ0n) is 19.2. The van der Waals surface area contributed by atoms with E-state index >= 15 is 0 Å². The zero-order chi connectivity index (χ0) is 21.5. The number of hydrogen-bond donors (Lipinski definition) is 1. The second kappa shape index (κ2) is 12.9. The summed E-state index contributed by atoms with van der Waals surface area (Å²) in [6.45, 7) is 13.3. The Bertz CT molecular complexity index is 721. The molecule has 3 rings (SSSR count). The Balaban J connectivity index is 0.00000341. The lowest BCUT2D eigenvalue weighted by atomic mass is 10.1.